The first-order valence-corrected chi connectivity index (χ1v) is 4.66. The Morgan fingerprint density at radius 3 is 2.38 bits per heavy atom. The first kappa shape index (κ1) is 10.1. The van der Waals surface area contributed by atoms with Crippen LogP contribution in [-0.4, -0.2) is 11.7 Å². The quantitative estimate of drug-likeness (QED) is 0.769. The average Bonchev–Trinajstić information content (AvgIpc) is 2.17. The lowest BCUT2D eigenvalue weighted by molar-refractivity contribution is 0.280. The van der Waals surface area contributed by atoms with E-state index in [9.17, 15) is 0 Å². The minimum atomic E-state index is 0.0773. The molecule has 13 heavy (non-hydrogen) atoms. The van der Waals surface area contributed by atoms with Crippen molar-refractivity contribution < 1.29 is 9.84 Å². The maximum Gasteiger partial charge on any atom is 0.119 e. The van der Waals surface area contributed by atoms with Gasteiger partial charge in [-0.2, -0.15) is 0 Å². The van der Waals surface area contributed by atoms with E-state index in [1.54, 1.807) is 0 Å². The van der Waals surface area contributed by atoms with E-state index >= 15 is 0 Å². The van der Waals surface area contributed by atoms with Crippen LogP contribution in [0.25, 0.3) is 0 Å². The summed E-state index contributed by atoms with van der Waals surface area (Å²) in [7, 11) is 0. The SMILES string of the molecule is CCOc1cc(CC)cc(CO)c1. The number of hydrogen-bond donors (Lipinski definition) is 1. The fraction of sp³-hybridized carbons (Fsp3) is 0.455. The minimum absolute atomic E-state index is 0.0773. The summed E-state index contributed by atoms with van der Waals surface area (Å²) in [6.45, 7) is 4.79. The molecule has 0 fully saturated rings. The second kappa shape index (κ2) is 4.87. The third-order valence-electron chi connectivity index (χ3n) is 1.93. The van der Waals surface area contributed by atoms with E-state index in [2.05, 4.69) is 6.92 Å². The normalized spacial score (nSPS) is 10.1. The standard InChI is InChI=1S/C11H16O2/c1-3-9-5-10(8-12)7-11(6-9)13-4-2/h5-7,12H,3-4,8H2,1-2H3. The zero-order chi connectivity index (χ0) is 9.68. The molecule has 1 aromatic carbocycles. The Labute approximate surface area is 79.2 Å². The van der Waals surface area contributed by atoms with Crippen LogP contribution in [0.5, 0.6) is 5.75 Å². The predicted molar refractivity (Wildman–Crippen MR) is 52.9 cm³/mol. The highest BCUT2D eigenvalue weighted by atomic mass is 16.5. The summed E-state index contributed by atoms with van der Waals surface area (Å²) in [5, 5.41) is 8.99. The first-order chi connectivity index (χ1) is 6.30. The topological polar surface area (TPSA) is 29.5 Å². The van der Waals surface area contributed by atoms with Crippen molar-refractivity contribution in [2.75, 3.05) is 6.61 Å². The van der Waals surface area contributed by atoms with Gasteiger partial charge in [-0.1, -0.05) is 13.0 Å². The molecule has 1 aromatic rings. The Balaban J connectivity index is 2.93. The van der Waals surface area contributed by atoms with Crippen molar-refractivity contribution in [1.82, 2.24) is 0 Å². The van der Waals surface area contributed by atoms with Gasteiger partial charge in [-0.3, -0.25) is 0 Å². The van der Waals surface area contributed by atoms with Crippen LogP contribution >= 0.6 is 0 Å². The lowest BCUT2D eigenvalue weighted by atomic mass is 10.1. The zero-order valence-electron chi connectivity index (χ0n) is 8.21. The average molecular weight is 180 g/mol. The van der Waals surface area contributed by atoms with Crippen molar-refractivity contribution in [3.8, 4) is 5.75 Å². The highest BCUT2D eigenvalue weighted by molar-refractivity contribution is 5.34. The lowest BCUT2D eigenvalue weighted by Crippen LogP contribution is -1.95. The van der Waals surface area contributed by atoms with Gasteiger partial charge in [0.25, 0.3) is 0 Å². The number of ether oxygens (including phenoxy) is 1. The summed E-state index contributed by atoms with van der Waals surface area (Å²) >= 11 is 0. The van der Waals surface area contributed by atoms with E-state index in [4.69, 9.17) is 9.84 Å². The Morgan fingerprint density at radius 2 is 1.85 bits per heavy atom. The van der Waals surface area contributed by atoms with E-state index in [1.807, 2.05) is 25.1 Å². The summed E-state index contributed by atoms with van der Waals surface area (Å²) in [5.74, 6) is 0.853. The molecule has 1 rings (SSSR count). The molecule has 0 unspecified atom stereocenters. The third kappa shape index (κ3) is 2.74. The van der Waals surface area contributed by atoms with Gasteiger partial charge in [0.05, 0.1) is 13.2 Å². The zero-order valence-corrected chi connectivity index (χ0v) is 8.21. The van der Waals surface area contributed by atoms with Gasteiger partial charge in [-0.05, 0) is 36.6 Å². The molecular formula is C11H16O2. The molecule has 0 heterocycles. The number of aryl methyl sites for hydroxylation is 1. The number of hydrogen-bond acceptors (Lipinski definition) is 2. The third-order valence-corrected chi connectivity index (χ3v) is 1.93. The minimum Gasteiger partial charge on any atom is -0.494 e. The molecule has 0 aliphatic rings. The first-order valence-electron chi connectivity index (χ1n) is 4.66. The van der Waals surface area contributed by atoms with Crippen molar-refractivity contribution in [3.63, 3.8) is 0 Å². The Hall–Kier alpha value is -1.02. The van der Waals surface area contributed by atoms with Crippen molar-refractivity contribution >= 4 is 0 Å². The van der Waals surface area contributed by atoms with Crippen molar-refractivity contribution in [3.05, 3.63) is 29.3 Å². The second-order valence-corrected chi connectivity index (χ2v) is 2.93. The van der Waals surface area contributed by atoms with Gasteiger partial charge < -0.3 is 9.84 Å². The van der Waals surface area contributed by atoms with Gasteiger partial charge in [-0.15, -0.1) is 0 Å². The molecule has 1 N–H and O–H groups in total. The van der Waals surface area contributed by atoms with Crippen LogP contribution in [0.3, 0.4) is 0 Å². The van der Waals surface area contributed by atoms with Crippen LogP contribution in [0, 0.1) is 0 Å². The fourth-order valence-electron chi connectivity index (χ4n) is 1.27. The van der Waals surface area contributed by atoms with E-state index in [-0.39, 0.29) is 6.61 Å². The molecule has 0 aliphatic heterocycles. The summed E-state index contributed by atoms with van der Waals surface area (Å²) in [5.41, 5.74) is 2.12. The van der Waals surface area contributed by atoms with Crippen LogP contribution in [0.2, 0.25) is 0 Å². The summed E-state index contributed by atoms with van der Waals surface area (Å²) in [4.78, 5) is 0. The second-order valence-electron chi connectivity index (χ2n) is 2.93. The smallest absolute Gasteiger partial charge is 0.119 e. The molecule has 0 atom stereocenters. The monoisotopic (exact) mass is 180 g/mol. The predicted octanol–water partition coefficient (Wildman–Crippen LogP) is 2.14. The van der Waals surface area contributed by atoms with Gasteiger partial charge in [0.2, 0.25) is 0 Å². The molecular weight excluding hydrogens is 164 g/mol. The van der Waals surface area contributed by atoms with Crippen LogP contribution < -0.4 is 4.74 Å². The van der Waals surface area contributed by atoms with Gasteiger partial charge in [0.15, 0.2) is 0 Å². The number of benzene rings is 1. The van der Waals surface area contributed by atoms with E-state index < -0.39 is 0 Å². The molecule has 0 aliphatic carbocycles. The summed E-state index contributed by atoms with van der Waals surface area (Å²) in [6.07, 6.45) is 0.966. The maximum absolute atomic E-state index is 8.99. The Morgan fingerprint density at radius 1 is 1.15 bits per heavy atom. The summed E-state index contributed by atoms with van der Waals surface area (Å²) < 4.78 is 5.38. The molecule has 0 bridgehead atoms. The molecule has 0 amide bonds. The van der Waals surface area contributed by atoms with Crippen LogP contribution in [0.15, 0.2) is 18.2 Å². The van der Waals surface area contributed by atoms with Crippen LogP contribution in [0.1, 0.15) is 25.0 Å². The maximum atomic E-state index is 8.99. The molecule has 2 nitrogen and oxygen atoms in total. The van der Waals surface area contributed by atoms with Crippen molar-refractivity contribution in [2.24, 2.45) is 0 Å². The van der Waals surface area contributed by atoms with Crippen LogP contribution in [-0.2, 0) is 13.0 Å². The molecule has 0 radical (unpaired) electrons. The van der Waals surface area contributed by atoms with E-state index in [0.29, 0.717) is 6.61 Å². The molecule has 0 saturated carbocycles. The van der Waals surface area contributed by atoms with Gasteiger partial charge >= 0.3 is 0 Å². The Kier molecular flexibility index (Phi) is 3.77. The van der Waals surface area contributed by atoms with Crippen LogP contribution in [0.4, 0.5) is 0 Å². The lowest BCUT2D eigenvalue weighted by Gasteiger charge is -2.07. The van der Waals surface area contributed by atoms with Crippen molar-refractivity contribution in [2.45, 2.75) is 26.9 Å². The number of aliphatic hydroxyl groups excluding tert-OH is 1. The highest BCUT2D eigenvalue weighted by Gasteiger charge is 1.99. The summed E-state index contributed by atoms with van der Waals surface area (Å²) in [6, 6.07) is 5.90. The number of rotatable bonds is 4. The molecule has 2 heteroatoms. The largest absolute Gasteiger partial charge is 0.494 e. The molecule has 0 saturated heterocycles. The van der Waals surface area contributed by atoms with E-state index in [1.165, 1.54) is 5.56 Å². The molecule has 0 aromatic heterocycles. The van der Waals surface area contributed by atoms with Gasteiger partial charge in [0, 0.05) is 0 Å². The molecule has 0 spiro atoms. The van der Waals surface area contributed by atoms with Gasteiger partial charge in [0.1, 0.15) is 5.75 Å². The highest BCUT2D eigenvalue weighted by Crippen LogP contribution is 2.17. The van der Waals surface area contributed by atoms with Gasteiger partial charge in [-0.25, -0.2) is 0 Å². The fourth-order valence-corrected chi connectivity index (χ4v) is 1.27. The Bertz CT molecular complexity index is 247. The van der Waals surface area contributed by atoms with E-state index in [0.717, 1.165) is 17.7 Å². The molecule has 72 valence electrons. The van der Waals surface area contributed by atoms with Crippen molar-refractivity contribution in [1.29, 1.82) is 0 Å². The number of aliphatic hydroxyl groups is 1.